The molecule has 0 bridgehead atoms. The number of benzene rings is 9. The smallest absolute Gasteiger partial charge is 0.165 e. The van der Waals surface area contributed by atoms with Gasteiger partial charge >= 0.3 is 0 Å². The molecule has 0 aliphatic rings. The van der Waals surface area contributed by atoms with Crippen molar-refractivity contribution in [2.24, 2.45) is 0 Å². The summed E-state index contributed by atoms with van der Waals surface area (Å²) in [5, 5.41) is 14.6. The first kappa shape index (κ1) is 37.2. The molecule has 0 N–H and O–H groups in total. The Morgan fingerprint density at radius 2 is 0.970 bits per heavy atom. The van der Waals surface area contributed by atoms with Gasteiger partial charge in [-0.1, -0.05) is 139 Å². The van der Waals surface area contributed by atoms with Gasteiger partial charge in [-0.2, -0.15) is 0 Å². The highest BCUT2D eigenvalue weighted by atomic mass is 15.1. The molecule has 6 aromatic heterocycles. The van der Waals surface area contributed by atoms with E-state index in [4.69, 9.17) is 9.97 Å². The molecule has 0 aliphatic carbocycles. The zero-order valence-electron chi connectivity index (χ0n) is 38.3. The molecule has 0 aliphatic heterocycles. The molecular weight excluding hydrogens is 815 g/mol. The lowest BCUT2D eigenvalue weighted by Crippen LogP contribution is -2.11. The second kappa shape index (κ2) is 12.4. The third-order valence-corrected chi connectivity index (χ3v) is 15.1. The van der Waals surface area contributed by atoms with Crippen molar-refractivity contribution in [3.63, 3.8) is 0 Å². The van der Waals surface area contributed by atoms with Crippen LogP contribution in [0.5, 0.6) is 0 Å². The van der Waals surface area contributed by atoms with Crippen molar-refractivity contribution < 1.29 is 0 Å². The van der Waals surface area contributed by atoms with Gasteiger partial charge in [0.1, 0.15) is 11.0 Å². The van der Waals surface area contributed by atoms with Gasteiger partial charge in [0, 0.05) is 54.3 Å². The molecule has 318 valence electrons. The summed E-state index contributed by atoms with van der Waals surface area (Å²) >= 11 is 0. The summed E-state index contributed by atoms with van der Waals surface area (Å²) < 4.78 is 7.30. The maximum absolute atomic E-state index is 5.92. The van der Waals surface area contributed by atoms with Crippen LogP contribution in [0.15, 0.2) is 164 Å². The standard InChI is InChI=1S/C62H45N5/c1-61(2,3)37-25-27-51-45(31-37)46-32-38(62(4,5)6)33-48-54-59(66(51)56(46)48)64-55-53-41-21-13-11-17-35(41)30-47-52-40-20-12-10-16-34(40)28-43(57(52)67(58(47)53)60(55)63-54)36-24-26-50-44(29-36)42-22-14-15-23-49(42)65(50)39-18-8-7-9-19-39/h7-33H,1-6H3. The summed E-state index contributed by atoms with van der Waals surface area (Å²) in [4.78, 5) is 11.8. The lowest BCUT2D eigenvalue weighted by molar-refractivity contribution is 0.590. The van der Waals surface area contributed by atoms with Crippen LogP contribution in [0.25, 0.3) is 137 Å². The van der Waals surface area contributed by atoms with Crippen molar-refractivity contribution in [1.82, 2.24) is 23.3 Å². The highest BCUT2D eigenvalue weighted by Gasteiger charge is 2.30. The fourth-order valence-electron chi connectivity index (χ4n) is 11.9. The van der Waals surface area contributed by atoms with Crippen molar-refractivity contribution in [3.05, 3.63) is 175 Å². The van der Waals surface area contributed by atoms with Crippen LogP contribution in [0.2, 0.25) is 0 Å². The van der Waals surface area contributed by atoms with Gasteiger partial charge in [-0.3, -0.25) is 8.80 Å². The molecule has 15 rings (SSSR count). The monoisotopic (exact) mass is 859 g/mol. The van der Waals surface area contributed by atoms with Crippen LogP contribution >= 0.6 is 0 Å². The summed E-state index contributed by atoms with van der Waals surface area (Å²) in [6, 6.07) is 61.1. The Morgan fingerprint density at radius 3 is 1.75 bits per heavy atom. The molecule has 6 heterocycles. The first-order valence-corrected chi connectivity index (χ1v) is 23.6. The Balaban J connectivity index is 1.13. The molecule has 0 fully saturated rings. The van der Waals surface area contributed by atoms with E-state index in [0.717, 1.165) is 44.3 Å². The molecule has 5 heteroatoms. The average Bonchev–Trinajstić information content (AvgIpc) is 4.12. The van der Waals surface area contributed by atoms with Gasteiger partial charge in [-0.15, -0.1) is 0 Å². The van der Waals surface area contributed by atoms with Gasteiger partial charge in [-0.25, -0.2) is 9.97 Å². The SMILES string of the molecule is CC(C)(C)c1ccc2c(c1)c1cc(C(C)(C)C)cc3c4nc5c(nc4n2c13)c1c2ccccc2cc2c3c4ccccc4cc(-c4ccc6c(c4)c4ccccc4n6-c4ccccc4)c3n5c21. The second-order valence-corrected chi connectivity index (χ2v) is 21.0. The van der Waals surface area contributed by atoms with Crippen molar-refractivity contribution in [1.29, 1.82) is 0 Å². The van der Waals surface area contributed by atoms with E-state index in [1.165, 1.54) is 104 Å². The van der Waals surface area contributed by atoms with Gasteiger partial charge in [-0.05, 0) is 116 Å². The van der Waals surface area contributed by atoms with Crippen LogP contribution in [0.4, 0.5) is 0 Å². The van der Waals surface area contributed by atoms with Crippen molar-refractivity contribution in [2.45, 2.75) is 52.4 Å². The minimum Gasteiger partial charge on any atom is -0.309 e. The Bertz CT molecular complexity index is 4620. The van der Waals surface area contributed by atoms with Gasteiger partial charge in [0.15, 0.2) is 11.3 Å². The number of para-hydroxylation sites is 2. The normalized spacial score (nSPS) is 13.2. The Hall–Kier alpha value is -8.02. The Kier molecular flexibility index (Phi) is 6.92. The highest BCUT2D eigenvalue weighted by Crippen LogP contribution is 2.49. The number of rotatable bonds is 2. The second-order valence-electron chi connectivity index (χ2n) is 21.0. The van der Waals surface area contributed by atoms with E-state index < -0.39 is 0 Å². The molecule has 0 saturated carbocycles. The molecule has 9 aromatic carbocycles. The van der Waals surface area contributed by atoms with E-state index >= 15 is 0 Å². The largest absolute Gasteiger partial charge is 0.309 e. The van der Waals surface area contributed by atoms with Crippen LogP contribution in [-0.4, -0.2) is 23.3 Å². The minimum atomic E-state index is -0.0733. The van der Waals surface area contributed by atoms with Gasteiger partial charge in [0.05, 0.1) is 33.1 Å². The number of hydrogen-bond acceptors (Lipinski definition) is 2. The van der Waals surface area contributed by atoms with E-state index in [1.807, 2.05) is 0 Å². The van der Waals surface area contributed by atoms with E-state index in [2.05, 4.69) is 219 Å². The average molecular weight is 860 g/mol. The molecule has 67 heavy (non-hydrogen) atoms. The molecule has 0 saturated heterocycles. The Labute approximate surface area is 385 Å². The van der Waals surface area contributed by atoms with Gasteiger partial charge in [0.2, 0.25) is 0 Å². The number of nitrogens with zero attached hydrogens (tertiary/aromatic N) is 5. The molecule has 0 radical (unpaired) electrons. The Morgan fingerprint density at radius 1 is 0.373 bits per heavy atom. The highest BCUT2D eigenvalue weighted by molar-refractivity contribution is 6.36. The first-order valence-electron chi connectivity index (χ1n) is 23.6. The summed E-state index contributed by atoms with van der Waals surface area (Å²) in [5.74, 6) is 0. The zero-order valence-corrected chi connectivity index (χ0v) is 38.3. The zero-order chi connectivity index (χ0) is 44.8. The third-order valence-electron chi connectivity index (χ3n) is 15.1. The van der Waals surface area contributed by atoms with Crippen LogP contribution in [0, 0.1) is 0 Å². The summed E-state index contributed by atoms with van der Waals surface area (Å²) in [5.41, 5.74) is 16.8. The van der Waals surface area contributed by atoms with Gasteiger partial charge in [0.25, 0.3) is 0 Å². The minimum absolute atomic E-state index is 0.0166. The topological polar surface area (TPSA) is 39.5 Å². The first-order chi connectivity index (χ1) is 32.5. The predicted octanol–water partition coefficient (Wildman–Crippen LogP) is 16.4. The third kappa shape index (κ3) is 4.78. The van der Waals surface area contributed by atoms with Gasteiger partial charge < -0.3 is 4.57 Å². The molecule has 0 unspecified atom stereocenters. The lowest BCUT2D eigenvalue weighted by Gasteiger charge is -2.20. The number of fused-ring (bicyclic) bond motifs is 19. The molecule has 5 nitrogen and oxygen atoms in total. The van der Waals surface area contributed by atoms with Crippen LogP contribution in [0.1, 0.15) is 52.7 Å². The summed E-state index contributed by atoms with van der Waals surface area (Å²) in [6.07, 6.45) is 0. The van der Waals surface area contributed by atoms with E-state index in [-0.39, 0.29) is 10.8 Å². The maximum Gasteiger partial charge on any atom is 0.165 e. The predicted molar refractivity (Wildman–Crippen MR) is 284 cm³/mol. The number of hydrogen-bond donors (Lipinski definition) is 0. The van der Waals surface area contributed by atoms with E-state index in [1.54, 1.807) is 0 Å². The maximum atomic E-state index is 5.92. The van der Waals surface area contributed by atoms with Crippen molar-refractivity contribution >= 4 is 120 Å². The van der Waals surface area contributed by atoms with Crippen LogP contribution in [-0.2, 0) is 10.8 Å². The van der Waals surface area contributed by atoms with E-state index in [0.29, 0.717) is 0 Å². The van der Waals surface area contributed by atoms with Crippen LogP contribution in [0.3, 0.4) is 0 Å². The van der Waals surface area contributed by atoms with Crippen LogP contribution < -0.4 is 0 Å². The van der Waals surface area contributed by atoms with E-state index in [9.17, 15) is 0 Å². The van der Waals surface area contributed by atoms with Crippen molar-refractivity contribution in [2.75, 3.05) is 0 Å². The summed E-state index contributed by atoms with van der Waals surface area (Å²) in [7, 11) is 0. The quantitative estimate of drug-likeness (QED) is 0.174. The fraction of sp³-hybridized carbons (Fsp3) is 0.129. The molecule has 0 amide bonds. The molecule has 0 spiro atoms. The molecule has 15 aromatic rings. The lowest BCUT2D eigenvalue weighted by atomic mass is 9.84. The summed E-state index contributed by atoms with van der Waals surface area (Å²) in [6.45, 7) is 13.9. The molecule has 0 atom stereocenters. The fourth-order valence-corrected chi connectivity index (χ4v) is 11.9. The number of aromatic nitrogens is 5. The molecular formula is C62H45N5. The van der Waals surface area contributed by atoms with Crippen molar-refractivity contribution in [3.8, 4) is 16.8 Å².